The molecule has 0 fully saturated rings. The Hall–Kier alpha value is -2.43. The molecule has 0 aliphatic carbocycles. The predicted molar refractivity (Wildman–Crippen MR) is 78.4 cm³/mol. The number of Topliss-reactive ketones (excluding diaryl/α,β-unsaturated/α-hetero) is 1. The van der Waals surface area contributed by atoms with Gasteiger partial charge in [-0.05, 0) is 31.5 Å². The summed E-state index contributed by atoms with van der Waals surface area (Å²) in [6, 6.07) is 5.84. The maximum absolute atomic E-state index is 13.1. The lowest BCUT2D eigenvalue weighted by Crippen LogP contribution is -2.27. The number of carbonyl (C=O) groups is 1. The summed E-state index contributed by atoms with van der Waals surface area (Å²) in [7, 11) is 3.00. The third kappa shape index (κ3) is 2.46. The summed E-state index contributed by atoms with van der Waals surface area (Å²) in [5.74, 6) is -0.488. The van der Waals surface area contributed by atoms with Gasteiger partial charge in [0.15, 0.2) is 5.78 Å². The molecule has 0 unspecified atom stereocenters. The van der Waals surface area contributed by atoms with Crippen LogP contribution < -0.4 is 10.3 Å². The Morgan fingerprint density at radius 2 is 1.81 bits per heavy atom. The first-order valence-corrected chi connectivity index (χ1v) is 6.43. The Balaban J connectivity index is 2.91. The van der Waals surface area contributed by atoms with Gasteiger partial charge in [-0.25, -0.2) is 4.39 Å². The van der Waals surface area contributed by atoms with E-state index in [-0.39, 0.29) is 22.9 Å². The number of pyridine rings is 1. The van der Waals surface area contributed by atoms with Gasteiger partial charge in [0.2, 0.25) is 0 Å². The zero-order valence-corrected chi connectivity index (χ0v) is 12.4. The Morgan fingerprint density at radius 1 is 1.24 bits per heavy atom. The van der Waals surface area contributed by atoms with Crippen molar-refractivity contribution in [2.24, 2.45) is 7.05 Å². The average Bonchev–Trinajstić information content (AvgIpc) is 2.45. The van der Waals surface area contributed by atoms with E-state index in [4.69, 9.17) is 4.74 Å². The third-order valence-corrected chi connectivity index (χ3v) is 3.53. The van der Waals surface area contributed by atoms with Gasteiger partial charge < -0.3 is 9.30 Å². The smallest absolute Gasteiger partial charge is 0.265 e. The second kappa shape index (κ2) is 5.52. The number of hydrogen-bond acceptors (Lipinski definition) is 3. The summed E-state index contributed by atoms with van der Waals surface area (Å²) in [6.07, 6.45) is 0. The van der Waals surface area contributed by atoms with Crippen LogP contribution in [0, 0.1) is 12.7 Å². The maximum Gasteiger partial charge on any atom is 0.265 e. The second-order valence-electron chi connectivity index (χ2n) is 4.80. The highest BCUT2D eigenvalue weighted by Gasteiger charge is 2.22. The van der Waals surface area contributed by atoms with E-state index in [9.17, 15) is 14.0 Å². The van der Waals surface area contributed by atoms with Crippen LogP contribution in [-0.4, -0.2) is 17.5 Å². The summed E-state index contributed by atoms with van der Waals surface area (Å²) in [5, 5.41) is 0. The van der Waals surface area contributed by atoms with E-state index in [0.717, 1.165) is 0 Å². The van der Waals surface area contributed by atoms with Crippen molar-refractivity contribution in [1.82, 2.24) is 4.57 Å². The summed E-state index contributed by atoms with van der Waals surface area (Å²) >= 11 is 0. The number of rotatable bonds is 3. The molecule has 4 nitrogen and oxygen atoms in total. The van der Waals surface area contributed by atoms with Gasteiger partial charge in [0.25, 0.3) is 5.56 Å². The number of benzene rings is 1. The first-order chi connectivity index (χ1) is 9.88. The maximum atomic E-state index is 13.1. The third-order valence-electron chi connectivity index (χ3n) is 3.53. The quantitative estimate of drug-likeness (QED) is 0.816. The van der Waals surface area contributed by atoms with E-state index in [1.807, 2.05) is 0 Å². The van der Waals surface area contributed by atoms with E-state index in [1.165, 1.54) is 30.7 Å². The van der Waals surface area contributed by atoms with Crippen molar-refractivity contribution < 1.29 is 13.9 Å². The zero-order chi connectivity index (χ0) is 15.7. The summed E-state index contributed by atoms with van der Waals surface area (Å²) in [5.41, 5.74) is 1.55. The fraction of sp³-hybridized carbons (Fsp3) is 0.250. The lowest BCUT2D eigenvalue weighted by molar-refractivity contribution is 0.101. The van der Waals surface area contributed by atoms with Gasteiger partial charge in [0.1, 0.15) is 17.1 Å². The van der Waals surface area contributed by atoms with Crippen LogP contribution in [0.4, 0.5) is 4.39 Å². The minimum absolute atomic E-state index is 0.00456. The lowest BCUT2D eigenvalue weighted by atomic mass is 9.99. The molecule has 0 aliphatic heterocycles. The Labute approximate surface area is 121 Å². The summed E-state index contributed by atoms with van der Waals surface area (Å²) in [6.45, 7) is 3.08. The molecule has 1 heterocycles. The normalized spacial score (nSPS) is 10.5. The fourth-order valence-corrected chi connectivity index (χ4v) is 2.35. The van der Waals surface area contributed by atoms with Gasteiger partial charge in [-0.15, -0.1) is 0 Å². The fourth-order valence-electron chi connectivity index (χ4n) is 2.35. The molecule has 0 saturated carbocycles. The van der Waals surface area contributed by atoms with Crippen LogP contribution in [-0.2, 0) is 7.05 Å². The molecule has 1 aromatic carbocycles. The Kier molecular flexibility index (Phi) is 3.93. The van der Waals surface area contributed by atoms with Crippen LogP contribution >= 0.6 is 0 Å². The van der Waals surface area contributed by atoms with Gasteiger partial charge in [-0.3, -0.25) is 9.59 Å². The molecular weight excluding hydrogens is 273 g/mol. The van der Waals surface area contributed by atoms with Crippen molar-refractivity contribution in [3.63, 3.8) is 0 Å². The number of nitrogens with zero attached hydrogens (tertiary/aromatic N) is 1. The zero-order valence-electron chi connectivity index (χ0n) is 12.4. The molecule has 5 heteroatoms. The van der Waals surface area contributed by atoms with E-state index >= 15 is 0 Å². The molecule has 0 atom stereocenters. The van der Waals surface area contributed by atoms with E-state index in [2.05, 4.69) is 0 Å². The van der Waals surface area contributed by atoms with Crippen LogP contribution in [0.2, 0.25) is 0 Å². The molecular formula is C16H16FNO3. The molecule has 0 bridgehead atoms. The van der Waals surface area contributed by atoms with Gasteiger partial charge in [0, 0.05) is 18.3 Å². The van der Waals surface area contributed by atoms with Crippen molar-refractivity contribution in [3.05, 3.63) is 51.7 Å². The molecule has 2 rings (SSSR count). The predicted octanol–water partition coefficient (Wildman–Crippen LogP) is 2.71. The molecule has 0 aliphatic rings. The van der Waals surface area contributed by atoms with Gasteiger partial charge in [0.05, 0.1) is 7.11 Å². The van der Waals surface area contributed by atoms with Crippen LogP contribution in [0.25, 0.3) is 11.1 Å². The van der Waals surface area contributed by atoms with Gasteiger partial charge in [-0.1, -0.05) is 12.1 Å². The van der Waals surface area contributed by atoms with Crippen LogP contribution in [0.1, 0.15) is 23.0 Å². The highest BCUT2D eigenvalue weighted by Crippen LogP contribution is 2.34. The molecule has 0 saturated heterocycles. The van der Waals surface area contributed by atoms with Crippen molar-refractivity contribution >= 4 is 5.78 Å². The number of ether oxygens (including phenoxy) is 1. The van der Waals surface area contributed by atoms with Crippen molar-refractivity contribution in [2.75, 3.05) is 7.11 Å². The lowest BCUT2D eigenvalue weighted by Gasteiger charge is -2.17. The Bertz CT molecular complexity index is 761. The van der Waals surface area contributed by atoms with E-state index in [0.29, 0.717) is 16.8 Å². The standard InChI is InChI=1S/C16H16FNO3/c1-9-13(11-5-7-12(17)8-6-11)15(21-4)14(10(2)19)16(20)18(9)3/h5-8H,1-4H3. The molecule has 0 N–H and O–H groups in total. The van der Waals surface area contributed by atoms with E-state index < -0.39 is 5.56 Å². The summed E-state index contributed by atoms with van der Waals surface area (Å²) < 4.78 is 19.8. The van der Waals surface area contributed by atoms with Crippen LogP contribution in [0.5, 0.6) is 5.75 Å². The number of carbonyl (C=O) groups excluding carboxylic acids is 1. The van der Waals surface area contributed by atoms with Gasteiger partial charge >= 0.3 is 0 Å². The van der Waals surface area contributed by atoms with Crippen molar-refractivity contribution in [3.8, 4) is 16.9 Å². The van der Waals surface area contributed by atoms with Crippen molar-refractivity contribution in [2.45, 2.75) is 13.8 Å². The molecule has 21 heavy (non-hydrogen) atoms. The topological polar surface area (TPSA) is 48.3 Å². The van der Waals surface area contributed by atoms with Crippen molar-refractivity contribution in [1.29, 1.82) is 0 Å². The molecule has 110 valence electrons. The largest absolute Gasteiger partial charge is 0.495 e. The number of ketones is 1. The molecule has 0 radical (unpaired) electrons. The van der Waals surface area contributed by atoms with Crippen LogP contribution in [0.3, 0.4) is 0 Å². The number of aromatic nitrogens is 1. The summed E-state index contributed by atoms with van der Waals surface area (Å²) in [4.78, 5) is 24.0. The second-order valence-corrected chi connectivity index (χ2v) is 4.80. The minimum atomic E-state index is -0.400. The minimum Gasteiger partial charge on any atom is -0.495 e. The number of hydrogen-bond donors (Lipinski definition) is 0. The highest BCUT2D eigenvalue weighted by atomic mass is 19.1. The number of methoxy groups -OCH3 is 1. The molecule has 2 aromatic rings. The van der Waals surface area contributed by atoms with Crippen LogP contribution in [0.15, 0.2) is 29.1 Å². The SMILES string of the molecule is COc1c(-c2ccc(F)cc2)c(C)n(C)c(=O)c1C(C)=O. The first kappa shape index (κ1) is 15.0. The van der Waals surface area contributed by atoms with E-state index in [1.54, 1.807) is 26.1 Å². The average molecular weight is 289 g/mol. The monoisotopic (exact) mass is 289 g/mol. The first-order valence-electron chi connectivity index (χ1n) is 6.43. The Morgan fingerprint density at radius 3 is 2.29 bits per heavy atom. The molecule has 1 aromatic heterocycles. The highest BCUT2D eigenvalue weighted by molar-refractivity contribution is 5.99. The number of halogens is 1. The molecule has 0 spiro atoms. The molecule has 0 amide bonds. The van der Waals surface area contributed by atoms with Gasteiger partial charge in [-0.2, -0.15) is 0 Å².